The lowest BCUT2D eigenvalue weighted by molar-refractivity contribution is -0.119. The molecule has 2 aromatic carbocycles. The highest BCUT2D eigenvalue weighted by atomic mass is 16.1. The molecule has 0 bridgehead atoms. The average molecular weight is 560 g/mol. The van der Waals surface area contributed by atoms with Gasteiger partial charge in [-0.05, 0) is 88.3 Å². The maximum Gasteiger partial charge on any atom is 0.209 e. The van der Waals surface area contributed by atoms with Crippen molar-refractivity contribution in [1.82, 2.24) is 9.80 Å². The first-order valence-corrected chi connectivity index (χ1v) is 14.4. The Labute approximate surface area is 250 Å². The van der Waals surface area contributed by atoms with Gasteiger partial charge in [-0.2, -0.15) is 0 Å². The smallest absolute Gasteiger partial charge is 0.209 e. The molecular weight excluding hydrogens is 506 g/mol. The number of nitrogens with two attached hydrogens (primary N) is 1. The number of anilines is 1. The van der Waals surface area contributed by atoms with Crippen LogP contribution in [-0.4, -0.2) is 61.7 Å². The van der Waals surface area contributed by atoms with Gasteiger partial charge in [0.1, 0.15) is 0 Å². The zero-order chi connectivity index (χ0) is 31.0. The van der Waals surface area contributed by atoms with Crippen LogP contribution in [0, 0.1) is 6.92 Å². The maximum absolute atomic E-state index is 10.2. The highest BCUT2D eigenvalue weighted by Gasteiger charge is 2.10. The van der Waals surface area contributed by atoms with Gasteiger partial charge in [0.05, 0.1) is 0 Å². The molecule has 0 spiro atoms. The van der Waals surface area contributed by atoms with Gasteiger partial charge >= 0.3 is 0 Å². The van der Waals surface area contributed by atoms with Crippen LogP contribution in [0.2, 0.25) is 0 Å². The third-order valence-corrected chi connectivity index (χ3v) is 5.94. The molecule has 1 saturated heterocycles. The number of aliphatic imine (C=N–C) groups is 1. The molecule has 6 nitrogen and oxygen atoms in total. The van der Waals surface area contributed by atoms with Crippen LogP contribution in [0.15, 0.2) is 90.7 Å². The fraction of sp³-hybridized carbons (Fsp3) is 0.371. The van der Waals surface area contributed by atoms with Crippen LogP contribution in [0.4, 0.5) is 5.69 Å². The van der Waals surface area contributed by atoms with E-state index in [4.69, 9.17) is 0 Å². The fourth-order valence-corrected chi connectivity index (χ4v) is 3.69. The SMILES string of the molecule is C=CN.CC.CN1CCN(C=O)CC1.C\C=C/C(=C\C(C)=N\C=C(/C)c1cccc(NCC)c1)c1ccc(C)cc1. The number of piperazine rings is 1. The second-order valence-electron chi connectivity index (χ2n) is 9.34. The molecule has 0 aliphatic carbocycles. The van der Waals surface area contributed by atoms with E-state index in [0.717, 1.165) is 56.1 Å². The molecule has 41 heavy (non-hydrogen) atoms. The number of rotatable bonds is 8. The van der Waals surface area contributed by atoms with E-state index >= 15 is 0 Å². The van der Waals surface area contributed by atoms with Gasteiger partial charge in [0.2, 0.25) is 6.41 Å². The number of nitrogens with one attached hydrogen (secondary N) is 1. The summed E-state index contributed by atoms with van der Waals surface area (Å²) in [7, 11) is 2.07. The van der Waals surface area contributed by atoms with E-state index in [1.807, 2.05) is 33.9 Å². The lowest BCUT2D eigenvalue weighted by Crippen LogP contribution is -2.43. The highest BCUT2D eigenvalue weighted by Crippen LogP contribution is 2.19. The molecule has 1 fully saturated rings. The normalized spacial score (nSPS) is 14.0. The maximum atomic E-state index is 10.2. The van der Waals surface area contributed by atoms with Crippen molar-refractivity contribution in [2.75, 3.05) is 45.1 Å². The Morgan fingerprint density at radius 3 is 2.20 bits per heavy atom. The minimum absolute atomic E-state index is 0.889. The average Bonchev–Trinajstić information content (AvgIpc) is 2.99. The van der Waals surface area contributed by atoms with Crippen molar-refractivity contribution in [2.24, 2.45) is 10.7 Å². The number of carbonyl (C=O) groups excluding carboxylic acids is 1. The summed E-state index contributed by atoms with van der Waals surface area (Å²) in [5.74, 6) is 0. The van der Waals surface area contributed by atoms with Crippen LogP contribution in [-0.2, 0) is 4.79 Å². The Morgan fingerprint density at radius 2 is 1.66 bits per heavy atom. The van der Waals surface area contributed by atoms with Crippen molar-refractivity contribution in [3.63, 3.8) is 0 Å². The number of benzene rings is 2. The quantitative estimate of drug-likeness (QED) is 0.201. The number of amides is 1. The first-order chi connectivity index (χ1) is 19.8. The zero-order valence-corrected chi connectivity index (χ0v) is 26.7. The Kier molecular flexibility index (Phi) is 20.7. The van der Waals surface area contributed by atoms with Gasteiger partial charge in [-0.1, -0.05) is 74.5 Å². The van der Waals surface area contributed by atoms with Crippen molar-refractivity contribution in [1.29, 1.82) is 0 Å². The van der Waals surface area contributed by atoms with Crippen LogP contribution in [0.3, 0.4) is 0 Å². The molecule has 1 amide bonds. The number of likely N-dealkylation sites (N-methyl/N-ethyl adjacent to an activating group) is 1. The summed E-state index contributed by atoms with van der Waals surface area (Å²) in [6.45, 7) is 22.2. The predicted molar refractivity (Wildman–Crippen MR) is 182 cm³/mol. The van der Waals surface area contributed by atoms with E-state index in [1.54, 1.807) is 4.90 Å². The van der Waals surface area contributed by atoms with Crippen molar-refractivity contribution in [2.45, 2.75) is 48.5 Å². The van der Waals surface area contributed by atoms with E-state index in [1.165, 1.54) is 28.5 Å². The Bertz CT molecular complexity index is 1120. The second kappa shape index (κ2) is 22.9. The summed E-state index contributed by atoms with van der Waals surface area (Å²) in [5, 5.41) is 3.35. The summed E-state index contributed by atoms with van der Waals surface area (Å²) in [6.07, 6.45) is 10.4. The molecule has 3 N–H and O–H groups in total. The lowest BCUT2D eigenvalue weighted by atomic mass is 10.0. The molecule has 0 atom stereocenters. The van der Waals surface area contributed by atoms with E-state index in [-0.39, 0.29) is 0 Å². The molecule has 0 unspecified atom stereocenters. The van der Waals surface area contributed by atoms with Crippen molar-refractivity contribution >= 4 is 29.0 Å². The van der Waals surface area contributed by atoms with Gasteiger partial charge in [-0.3, -0.25) is 9.79 Å². The number of hydrogen-bond acceptors (Lipinski definition) is 5. The number of nitrogens with zero attached hydrogens (tertiary/aromatic N) is 3. The third kappa shape index (κ3) is 16.1. The summed E-state index contributed by atoms with van der Waals surface area (Å²) in [4.78, 5) is 18.9. The monoisotopic (exact) mass is 559 g/mol. The van der Waals surface area contributed by atoms with Crippen molar-refractivity contribution < 1.29 is 4.79 Å². The zero-order valence-electron chi connectivity index (χ0n) is 26.7. The molecule has 2 aromatic rings. The molecule has 0 aromatic heterocycles. The molecule has 224 valence electrons. The van der Waals surface area contributed by atoms with Crippen LogP contribution < -0.4 is 11.1 Å². The number of hydrogen-bond donors (Lipinski definition) is 2. The van der Waals surface area contributed by atoms with Gasteiger partial charge in [0, 0.05) is 50.3 Å². The highest BCUT2D eigenvalue weighted by molar-refractivity contribution is 6.01. The van der Waals surface area contributed by atoms with Gasteiger partial charge in [0.25, 0.3) is 0 Å². The Hall–Kier alpha value is -3.90. The molecule has 1 heterocycles. The molecule has 6 heteroatoms. The lowest BCUT2D eigenvalue weighted by Gasteiger charge is -2.29. The first kappa shape index (κ1) is 37.1. The molecular formula is C35H53N5O. The Balaban J connectivity index is 0.000000944. The molecule has 3 rings (SSSR count). The summed E-state index contributed by atoms with van der Waals surface area (Å²) in [6, 6.07) is 17.0. The third-order valence-electron chi connectivity index (χ3n) is 5.94. The Morgan fingerprint density at radius 1 is 1.05 bits per heavy atom. The van der Waals surface area contributed by atoms with Crippen LogP contribution >= 0.6 is 0 Å². The molecule has 1 aliphatic rings. The fourth-order valence-electron chi connectivity index (χ4n) is 3.69. The summed E-state index contributed by atoms with van der Waals surface area (Å²) < 4.78 is 0. The van der Waals surface area contributed by atoms with Gasteiger partial charge in [-0.25, -0.2) is 0 Å². The summed E-state index contributed by atoms with van der Waals surface area (Å²) in [5.41, 5.74) is 12.7. The second-order valence-corrected chi connectivity index (χ2v) is 9.34. The largest absolute Gasteiger partial charge is 0.405 e. The van der Waals surface area contributed by atoms with E-state index in [0.29, 0.717) is 0 Å². The minimum atomic E-state index is 0.889. The number of carbonyl (C=O) groups is 1. The van der Waals surface area contributed by atoms with Crippen molar-refractivity contribution in [3.05, 3.63) is 102 Å². The van der Waals surface area contributed by atoms with Gasteiger partial charge in [-0.15, -0.1) is 0 Å². The van der Waals surface area contributed by atoms with E-state index in [9.17, 15) is 4.79 Å². The molecule has 0 radical (unpaired) electrons. The van der Waals surface area contributed by atoms with E-state index in [2.05, 4.69) is 122 Å². The number of allylic oxidation sites excluding steroid dienone is 5. The topological polar surface area (TPSA) is 74.0 Å². The first-order valence-electron chi connectivity index (χ1n) is 14.4. The molecule has 0 saturated carbocycles. The summed E-state index contributed by atoms with van der Waals surface area (Å²) >= 11 is 0. The molecule has 1 aliphatic heterocycles. The van der Waals surface area contributed by atoms with Gasteiger partial charge < -0.3 is 20.9 Å². The van der Waals surface area contributed by atoms with Gasteiger partial charge in [0.15, 0.2) is 0 Å². The standard InChI is InChI=1S/C25H30N2.C6H12N2O.C2H5N.C2H6/c1-6-9-24(22-14-12-19(3)13-15-22)16-21(5)27-18-20(4)23-10-8-11-25(17-23)26-7-2;1-7-2-4-8(6-9)5-3-7;1-2-3;1-2/h6,8-18,26H,7H2,1-5H3;6H,2-5H2,1H3;2H,1,3H2;1-2H3/b9-6-,20-18+,24-16+,27-21+;;;. The minimum Gasteiger partial charge on any atom is -0.405 e. The predicted octanol–water partition coefficient (Wildman–Crippen LogP) is 7.41. The van der Waals surface area contributed by atoms with Crippen LogP contribution in [0.1, 0.15) is 58.2 Å². The van der Waals surface area contributed by atoms with Crippen LogP contribution in [0.5, 0.6) is 0 Å². The van der Waals surface area contributed by atoms with Crippen molar-refractivity contribution in [3.8, 4) is 0 Å². The van der Waals surface area contributed by atoms with E-state index < -0.39 is 0 Å². The number of aryl methyl sites for hydroxylation is 1. The van der Waals surface area contributed by atoms with Crippen LogP contribution in [0.25, 0.3) is 11.1 Å².